The van der Waals surface area contributed by atoms with Crippen molar-refractivity contribution >= 4 is 17.5 Å². The Hall–Kier alpha value is -1.02. The van der Waals surface area contributed by atoms with Gasteiger partial charge in [-0.3, -0.25) is 4.79 Å². The van der Waals surface area contributed by atoms with E-state index >= 15 is 0 Å². The normalized spacial score (nSPS) is 17.7. The van der Waals surface area contributed by atoms with Crippen LogP contribution in [-0.2, 0) is 5.41 Å². The van der Waals surface area contributed by atoms with Gasteiger partial charge in [-0.25, -0.2) is 0 Å². The Kier molecular flexibility index (Phi) is 4.98. The van der Waals surface area contributed by atoms with E-state index in [-0.39, 0.29) is 16.7 Å². The third kappa shape index (κ3) is 4.00. The van der Waals surface area contributed by atoms with Gasteiger partial charge in [0, 0.05) is 23.4 Å². The van der Waals surface area contributed by atoms with Crippen molar-refractivity contribution in [2.75, 3.05) is 12.4 Å². The molecule has 0 aromatic heterocycles. The van der Waals surface area contributed by atoms with Crippen LogP contribution >= 0.6 is 11.6 Å². The van der Waals surface area contributed by atoms with Crippen molar-refractivity contribution < 1.29 is 4.79 Å². The van der Waals surface area contributed by atoms with Gasteiger partial charge in [0.2, 0.25) is 0 Å². The molecule has 1 N–H and O–H groups in total. The molecule has 0 radical (unpaired) electrons. The first-order chi connectivity index (χ1) is 9.86. The molecule has 1 saturated carbocycles. The minimum absolute atomic E-state index is 0.00634. The molecule has 0 unspecified atom stereocenters. The smallest absolute Gasteiger partial charge is 0.251 e. The number of carbonyl (C=O) groups is 1. The molecule has 2 nitrogen and oxygen atoms in total. The summed E-state index contributed by atoms with van der Waals surface area (Å²) < 4.78 is 0. The topological polar surface area (TPSA) is 29.1 Å². The van der Waals surface area contributed by atoms with E-state index < -0.39 is 0 Å². The van der Waals surface area contributed by atoms with E-state index in [9.17, 15) is 4.79 Å². The summed E-state index contributed by atoms with van der Waals surface area (Å²) in [6.07, 6.45) is 4.70. The van der Waals surface area contributed by atoms with Crippen LogP contribution < -0.4 is 5.32 Å². The Morgan fingerprint density at radius 1 is 1.19 bits per heavy atom. The van der Waals surface area contributed by atoms with Gasteiger partial charge in [-0.2, -0.15) is 0 Å². The summed E-state index contributed by atoms with van der Waals surface area (Å²) in [6.45, 7) is 7.21. The molecule has 1 aromatic rings. The summed E-state index contributed by atoms with van der Waals surface area (Å²) in [5, 5.41) is 3.07. The van der Waals surface area contributed by atoms with Crippen LogP contribution in [0.5, 0.6) is 0 Å². The van der Waals surface area contributed by atoms with Crippen molar-refractivity contribution in [3.63, 3.8) is 0 Å². The molecule has 0 saturated heterocycles. The minimum atomic E-state index is 0.00634. The first-order valence-electron chi connectivity index (χ1n) is 7.81. The van der Waals surface area contributed by atoms with Crippen LogP contribution in [0.15, 0.2) is 24.3 Å². The van der Waals surface area contributed by atoms with E-state index in [4.69, 9.17) is 11.6 Å². The SMILES string of the molecule is CC(C)(C)c1ccc(C(=O)NCC2(CCl)CCCC2)cc1. The maximum Gasteiger partial charge on any atom is 0.251 e. The van der Waals surface area contributed by atoms with E-state index in [1.165, 1.54) is 18.4 Å². The van der Waals surface area contributed by atoms with Crippen molar-refractivity contribution in [3.8, 4) is 0 Å². The summed E-state index contributed by atoms with van der Waals surface area (Å²) in [4.78, 5) is 12.3. The second-order valence-corrected chi connectivity index (χ2v) is 7.62. The highest BCUT2D eigenvalue weighted by molar-refractivity contribution is 6.18. The molecule has 0 bridgehead atoms. The standard InChI is InChI=1S/C18H26ClNO/c1-17(2,3)15-8-6-14(7-9-15)16(21)20-13-18(12-19)10-4-5-11-18/h6-9H,4-5,10-13H2,1-3H3,(H,20,21). The number of hydrogen-bond acceptors (Lipinski definition) is 1. The summed E-state index contributed by atoms with van der Waals surface area (Å²) in [5.74, 6) is 0.642. The maximum absolute atomic E-state index is 12.3. The molecule has 2 rings (SSSR count). The third-order valence-corrected chi connectivity index (χ3v) is 5.15. The zero-order chi connectivity index (χ0) is 15.5. The zero-order valence-electron chi connectivity index (χ0n) is 13.3. The van der Waals surface area contributed by atoms with Crippen molar-refractivity contribution in [2.24, 2.45) is 5.41 Å². The second-order valence-electron chi connectivity index (χ2n) is 7.35. The molecular weight excluding hydrogens is 282 g/mol. The number of halogens is 1. The Morgan fingerprint density at radius 3 is 2.24 bits per heavy atom. The molecule has 1 aliphatic rings. The van der Waals surface area contributed by atoms with Gasteiger partial charge in [-0.15, -0.1) is 11.6 Å². The maximum atomic E-state index is 12.3. The van der Waals surface area contributed by atoms with E-state index in [0.717, 1.165) is 18.4 Å². The molecule has 3 heteroatoms. The van der Waals surface area contributed by atoms with Crippen LogP contribution in [0.4, 0.5) is 0 Å². The van der Waals surface area contributed by atoms with Gasteiger partial charge in [-0.1, -0.05) is 45.7 Å². The number of nitrogens with one attached hydrogen (secondary N) is 1. The number of rotatable bonds is 4. The summed E-state index contributed by atoms with van der Waals surface area (Å²) >= 11 is 6.11. The highest BCUT2D eigenvalue weighted by atomic mass is 35.5. The molecule has 1 aromatic carbocycles. The average molecular weight is 308 g/mol. The van der Waals surface area contributed by atoms with Gasteiger partial charge in [0.05, 0.1) is 0 Å². The monoisotopic (exact) mass is 307 g/mol. The predicted octanol–water partition coefficient (Wildman–Crippen LogP) is 4.51. The van der Waals surface area contributed by atoms with Crippen LogP contribution in [0.3, 0.4) is 0 Å². The summed E-state index contributed by atoms with van der Waals surface area (Å²) in [5.41, 5.74) is 2.20. The number of alkyl halides is 1. The molecule has 0 spiro atoms. The van der Waals surface area contributed by atoms with Crippen molar-refractivity contribution in [2.45, 2.75) is 51.9 Å². The summed E-state index contributed by atoms with van der Waals surface area (Å²) in [6, 6.07) is 7.92. The quantitative estimate of drug-likeness (QED) is 0.815. The van der Waals surface area contributed by atoms with Gasteiger partial charge in [0.15, 0.2) is 0 Å². The molecule has 21 heavy (non-hydrogen) atoms. The van der Waals surface area contributed by atoms with Crippen LogP contribution in [0.25, 0.3) is 0 Å². The minimum Gasteiger partial charge on any atom is -0.351 e. The van der Waals surface area contributed by atoms with E-state index in [1.54, 1.807) is 0 Å². The fraction of sp³-hybridized carbons (Fsp3) is 0.611. The Bertz CT molecular complexity index is 481. The van der Waals surface area contributed by atoms with Gasteiger partial charge in [0.25, 0.3) is 5.91 Å². The molecule has 0 atom stereocenters. The molecule has 1 amide bonds. The van der Waals surface area contributed by atoms with Gasteiger partial charge in [0.1, 0.15) is 0 Å². The van der Waals surface area contributed by atoms with Crippen LogP contribution in [0.1, 0.15) is 62.4 Å². The number of carbonyl (C=O) groups excluding carboxylic acids is 1. The predicted molar refractivity (Wildman–Crippen MR) is 89.1 cm³/mol. The van der Waals surface area contributed by atoms with Gasteiger partial charge >= 0.3 is 0 Å². The largest absolute Gasteiger partial charge is 0.351 e. The Labute approximate surface area is 133 Å². The lowest BCUT2D eigenvalue weighted by molar-refractivity contribution is 0.0935. The van der Waals surface area contributed by atoms with E-state index in [2.05, 4.69) is 26.1 Å². The molecule has 116 valence electrons. The zero-order valence-corrected chi connectivity index (χ0v) is 14.1. The fourth-order valence-corrected chi connectivity index (χ4v) is 3.34. The average Bonchev–Trinajstić information content (AvgIpc) is 2.93. The first-order valence-corrected chi connectivity index (χ1v) is 8.35. The molecular formula is C18H26ClNO. The number of hydrogen-bond donors (Lipinski definition) is 1. The summed E-state index contributed by atoms with van der Waals surface area (Å²) in [7, 11) is 0. The Balaban J connectivity index is 1.97. The second kappa shape index (κ2) is 6.39. The van der Waals surface area contributed by atoms with Crippen LogP contribution in [0.2, 0.25) is 0 Å². The van der Waals surface area contributed by atoms with Crippen molar-refractivity contribution in [3.05, 3.63) is 35.4 Å². The lowest BCUT2D eigenvalue weighted by Crippen LogP contribution is -2.37. The fourth-order valence-electron chi connectivity index (χ4n) is 2.97. The van der Waals surface area contributed by atoms with Crippen LogP contribution in [-0.4, -0.2) is 18.3 Å². The molecule has 1 fully saturated rings. The van der Waals surface area contributed by atoms with Gasteiger partial charge in [-0.05, 0) is 36.0 Å². The highest BCUT2D eigenvalue weighted by Crippen LogP contribution is 2.38. The third-order valence-electron chi connectivity index (χ3n) is 4.58. The molecule has 1 aliphatic carbocycles. The molecule has 0 heterocycles. The van der Waals surface area contributed by atoms with Crippen molar-refractivity contribution in [1.29, 1.82) is 0 Å². The first kappa shape index (κ1) is 16.4. The number of amides is 1. The Morgan fingerprint density at radius 2 is 1.76 bits per heavy atom. The van der Waals surface area contributed by atoms with Gasteiger partial charge < -0.3 is 5.32 Å². The lowest BCUT2D eigenvalue weighted by Gasteiger charge is -2.26. The van der Waals surface area contributed by atoms with Crippen molar-refractivity contribution in [1.82, 2.24) is 5.32 Å². The molecule has 0 aliphatic heterocycles. The van der Waals surface area contributed by atoms with Crippen LogP contribution in [0, 0.1) is 5.41 Å². The van der Waals surface area contributed by atoms with E-state index in [0.29, 0.717) is 12.4 Å². The lowest BCUT2D eigenvalue weighted by atomic mass is 9.86. The highest BCUT2D eigenvalue weighted by Gasteiger charge is 2.33. The van der Waals surface area contributed by atoms with E-state index in [1.807, 2.05) is 24.3 Å². The number of benzene rings is 1.